The number of anilines is 1. The number of nitrogens with zero attached hydrogens (tertiary/aromatic N) is 4. The van der Waals surface area contributed by atoms with Gasteiger partial charge in [-0.15, -0.1) is 0 Å². The van der Waals surface area contributed by atoms with Crippen LogP contribution in [0.25, 0.3) is 21.8 Å². The first kappa shape index (κ1) is 30.0. The van der Waals surface area contributed by atoms with Crippen molar-refractivity contribution in [2.45, 2.75) is 52.1 Å². The van der Waals surface area contributed by atoms with E-state index in [1.165, 1.54) is 10.4 Å². The summed E-state index contributed by atoms with van der Waals surface area (Å²) in [5, 5.41) is 20.0. The monoisotopic (exact) mass is 604 g/mol. The number of hydrogen-bond acceptors (Lipinski definition) is 6. The van der Waals surface area contributed by atoms with Crippen LogP contribution in [0.1, 0.15) is 71.6 Å². The number of piperidine rings is 1. The second kappa shape index (κ2) is 11.3. The third-order valence-corrected chi connectivity index (χ3v) is 9.25. The Morgan fingerprint density at radius 3 is 2.35 bits per heavy atom. The Hall–Kier alpha value is -4.45. The molecule has 1 aliphatic rings. The molecule has 12 heteroatoms. The molecule has 3 aromatic carbocycles. The summed E-state index contributed by atoms with van der Waals surface area (Å²) in [6, 6.07) is 13.9. The highest BCUT2D eigenvalue weighted by atomic mass is 32.2. The number of carbonyl (C=O) groups is 2. The maximum Gasteiger partial charge on any atom is 0.338 e. The number of hydrogen-bond donors (Lipinski definition) is 3. The summed E-state index contributed by atoms with van der Waals surface area (Å²) in [5.74, 6) is -0.666. The van der Waals surface area contributed by atoms with Crippen LogP contribution in [0.4, 0.5) is 5.69 Å². The molecule has 226 valence electrons. The van der Waals surface area contributed by atoms with Gasteiger partial charge in [0.15, 0.2) is 0 Å². The molecule has 2 heterocycles. The number of aromatic carboxylic acids is 1. The van der Waals surface area contributed by atoms with E-state index in [1.807, 2.05) is 47.6 Å². The Balaban J connectivity index is 1.66. The average molecular weight is 605 g/mol. The van der Waals surface area contributed by atoms with E-state index in [0.717, 1.165) is 22.6 Å². The zero-order chi connectivity index (χ0) is 31.2. The van der Waals surface area contributed by atoms with E-state index in [4.69, 9.17) is 16.1 Å². The van der Waals surface area contributed by atoms with E-state index >= 15 is 0 Å². The minimum Gasteiger partial charge on any atom is -0.478 e. The van der Waals surface area contributed by atoms with Gasteiger partial charge < -0.3 is 20.3 Å². The smallest absolute Gasteiger partial charge is 0.338 e. The molecule has 0 saturated carbocycles. The number of sulfonamides is 1. The van der Waals surface area contributed by atoms with Crippen molar-refractivity contribution in [3.63, 3.8) is 0 Å². The Bertz CT molecular complexity index is 1870. The predicted octanol–water partition coefficient (Wildman–Crippen LogP) is 4.39. The van der Waals surface area contributed by atoms with Crippen LogP contribution in [0.15, 0.2) is 48.5 Å². The van der Waals surface area contributed by atoms with Gasteiger partial charge in [0, 0.05) is 37.2 Å². The topological polar surface area (TPSA) is 163 Å². The second-order valence-electron chi connectivity index (χ2n) is 11.5. The standard InChI is InChI=1S/C31H36N6O5S/c1-18(2)30-34-28-26(31(39)40)15-25(37(43(4,41)42)24-9-11-35(12-10-24)19(3)32)16-27(28)36(30)17-20-5-6-21-7-8-22(29(33)38)14-23(21)13-20/h5-8,13-16,18,24,32H,9-12,17H2,1-4H3,(H2,33,38)(H,39,40). The number of imidazole rings is 1. The highest BCUT2D eigenvalue weighted by Gasteiger charge is 2.32. The first-order chi connectivity index (χ1) is 20.2. The first-order valence-electron chi connectivity index (χ1n) is 14.1. The summed E-state index contributed by atoms with van der Waals surface area (Å²) < 4.78 is 29.7. The van der Waals surface area contributed by atoms with Crippen LogP contribution in [0.3, 0.4) is 0 Å². The predicted molar refractivity (Wildman–Crippen MR) is 168 cm³/mol. The lowest BCUT2D eigenvalue weighted by atomic mass is 10.0. The lowest BCUT2D eigenvalue weighted by Gasteiger charge is -2.39. The van der Waals surface area contributed by atoms with Gasteiger partial charge in [-0.1, -0.05) is 32.0 Å². The zero-order valence-corrected chi connectivity index (χ0v) is 25.5. The second-order valence-corrected chi connectivity index (χ2v) is 13.4. The summed E-state index contributed by atoms with van der Waals surface area (Å²) >= 11 is 0. The van der Waals surface area contributed by atoms with E-state index in [1.54, 1.807) is 25.1 Å². The van der Waals surface area contributed by atoms with Crippen LogP contribution in [0, 0.1) is 5.41 Å². The van der Waals surface area contributed by atoms with Crippen LogP contribution in [-0.4, -0.2) is 71.1 Å². The molecule has 5 rings (SSSR count). The van der Waals surface area contributed by atoms with Crippen LogP contribution >= 0.6 is 0 Å². The number of fused-ring (bicyclic) bond motifs is 2. The van der Waals surface area contributed by atoms with Gasteiger partial charge in [-0.05, 0) is 66.4 Å². The van der Waals surface area contributed by atoms with Crippen LogP contribution in [0.5, 0.6) is 0 Å². The number of nitrogens with one attached hydrogen (secondary N) is 1. The maximum absolute atomic E-state index is 13.2. The summed E-state index contributed by atoms with van der Waals surface area (Å²) in [6.07, 6.45) is 2.15. The normalized spacial score (nSPS) is 14.5. The first-order valence-corrected chi connectivity index (χ1v) is 16.0. The number of carbonyl (C=O) groups excluding carboxylic acids is 1. The summed E-state index contributed by atoms with van der Waals surface area (Å²) in [7, 11) is -3.78. The molecule has 1 aromatic heterocycles. The number of aromatic nitrogens is 2. The molecule has 1 fully saturated rings. The van der Waals surface area contributed by atoms with Crippen molar-refractivity contribution in [1.29, 1.82) is 5.41 Å². The third-order valence-electron chi connectivity index (χ3n) is 8.03. The van der Waals surface area contributed by atoms with Crippen molar-refractivity contribution in [3.8, 4) is 0 Å². The van der Waals surface area contributed by atoms with Crippen molar-refractivity contribution in [2.75, 3.05) is 23.7 Å². The highest BCUT2D eigenvalue weighted by molar-refractivity contribution is 7.92. The number of likely N-dealkylation sites (tertiary alicyclic amines) is 1. The molecule has 0 spiro atoms. The minimum atomic E-state index is -3.78. The molecule has 0 radical (unpaired) electrons. The molecule has 0 aliphatic carbocycles. The molecular formula is C31H36N6O5S. The van der Waals surface area contributed by atoms with Gasteiger partial charge in [0.2, 0.25) is 15.9 Å². The molecule has 0 bridgehead atoms. The van der Waals surface area contributed by atoms with Crippen LogP contribution in [-0.2, 0) is 16.6 Å². The number of benzene rings is 3. The molecule has 0 unspecified atom stereocenters. The molecule has 4 N–H and O–H groups in total. The van der Waals surface area contributed by atoms with Crippen molar-refractivity contribution >= 4 is 55.2 Å². The minimum absolute atomic E-state index is 0.0564. The largest absolute Gasteiger partial charge is 0.478 e. The number of nitrogens with two attached hydrogens (primary N) is 1. The lowest BCUT2D eigenvalue weighted by molar-refractivity contribution is 0.0698. The van der Waals surface area contributed by atoms with Gasteiger partial charge >= 0.3 is 5.97 Å². The average Bonchev–Trinajstić information content (AvgIpc) is 3.30. The zero-order valence-electron chi connectivity index (χ0n) is 24.7. The number of carboxylic acid groups (broad SMARTS) is 1. The number of amidine groups is 1. The molecule has 1 saturated heterocycles. The summed E-state index contributed by atoms with van der Waals surface area (Å²) in [4.78, 5) is 31.0. The molecule has 1 aliphatic heterocycles. The summed E-state index contributed by atoms with van der Waals surface area (Å²) in [5.41, 5.74) is 7.81. The quantitative estimate of drug-likeness (QED) is 0.198. The van der Waals surface area contributed by atoms with E-state index in [2.05, 4.69) is 0 Å². The number of rotatable bonds is 8. The van der Waals surface area contributed by atoms with E-state index in [9.17, 15) is 23.1 Å². The fourth-order valence-corrected chi connectivity index (χ4v) is 7.20. The fraction of sp³-hybridized carbons (Fsp3) is 0.355. The molecule has 11 nitrogen and oxygen atoms in total. The van der Waals surface area contributed by atoms with Crippen molar-refractivity contribution < 1.29 is 23.1 Å². The maximum atomic E-state index is 13.2. The third kappa shape index (κ3) is 5.92. The van der Waals surface area contributed by atoms with Gasteiger partial charge in [0.05, 0.1) is 28.9 Å². The lowest BCUT2D eigenvalue weighted by Crippen LogP contribution is -2.48. The Morgan fingerprint density at radius 2 is 1.77 bits per heavy atom. The Morgan fingerprint density at radius 1 is 1.09 bits per heavy atom. The van der Waals surface area contributed by atoms with Crippen molar-refractivity contribution in [3.05, 3.63) is 71.0 Å². The van der Waals surface area contributed by atoms with Gasteiger partial charge in [0.25, 0.3) is 0 Å². The van der Waals surface area contributed by atoms with E-state index in [-0.39, 0.29) is 23.2 Å². The van der Waals surface area contributed by atoms with Gasteiger partial charge in [-0.3, -0.25) is 14.5 Å². The Labute approximate surface area is 250 Å². The number of amides is 1. The fourth-order valence-electron chi connectivity index (χ4n) is 5.96. The summed E-state index contributed by atoms with van der Waals surface area (Å²) in [6.45, 7) is 7.07. The van der Waals surface area contributed by atoms with Gasteiger partial charge in [0.1, 0.15) is 11.3 Å². The molecule has 43 heavy (non-hydrogen) atoms. The Kier molecular flexibility index (Phi) is 7.91. The van der Waals surface area contributed by atoms with Gasteiger partial charge in [-0.25, -0.2) is 18.2 Å². The highest BCUT2D eigenvalue weighted by Crippen LogP contribution is 2.34. The van der Waals surface area contributed by atoms with Crippen LogP contribution < -0.4 is 10.0 Å². The molecule has 1 amide bonds. The van der Waals surface area contributed by atoms with E-state index < -0.39 is 21.9 Å². The molecule has 0 atom stereocenters. The number of carboxylic acids is 1. The van der Waals surface area contributed by atoms with Crippen LogP contribution in [0.2, 0.25) is 0 Å². The SMILES string of the molecule is CC(=N)N1CCC(N(c2cc(C(=O)O)c3nc(C(C)C)n(Cc4ccc5ccc(C(N)=O)cc5c4)c3c2)S(C)(=O)=O)CC1. The van der Waals surface area contributed by atoms with E-state index in [0.29, 0.717) is 60.7 Å². The molecular weight excluding hydrogens is 568 g/mol. The number of primary amides is 1. The van der Waals surface area contributed by atoms with Gasteiger partial charge in [-0.2, -0.15) is 0 Å². The van der Waals surface area contributed by atoms with Crippen molar-refractivity contribution in [1.82, 2.24) is 14.5 Å². The molecule has 4 aromatic rings. The van der Waals surface area contributed by atoms with Crippen molar-refractivity contribution in [2.24, 2.45) is 5.73 Å².